The van der Waals surface area contributed by atoms with Gasteiger partial charge in [0.25, 0.3) is 5.91 Å². The van der Waals surface area contributed by atoms with Gasteiger partial charge in [-0.2, -0.15) is 0 Å². The van der Waals surface area contributed by atoms with Gasteiger partial charge in [0.2, 0.25) is 5.91 Å². The Bertz CT molecular complexity index is 702. The minimum absolute atomic E-state index is 0.0719. The van der Waals surface area contributed by atoms with Gasteiger partial charge in [0, 0.05) is 18.8 Å². The van der Waals surface area contributed by atoms with Crippen molar-refractivity contribution < 1.29 is 14.0 Å². The van der Waals surface area contributed by atoms with Crippen molar-refractivity contribution in [2.75, 3.05) is 18.4 Å². The first-order valence-corrected chi connectivity index (χ1v) is 8.00. The maximum Gasteiger partial charge on any atom is 0.291 e. The smallest absolute Gasteiger partial charge is 0.291 e. The molecule has 0 spiro atoms. The van der Waals surface area contributed by atoms with Gasteiger partial charge in [-0.05, 0) is 49.7 Å². The van der Waals surface area contributed by atoms with E-state index in [0.717, 1.165) is 25.1 Å². The Labute approximate surface area is 140 Å². The van der Waals surface area contributed by atoms with Crippen molar-refractivity contribution in [1.82, 2.24) is 10.6 Å². The summed E-state index contributed by atoms with van der Waals surface area (Å²) in [6, 6.07) is 10.7. The van der Waals surface area contributed by atoms with Crippen molar-refractivity contribution in [3.05, 3.63) is 54.0 Å². The third-order valence-corrected chi connectivity index (χ3v) is 4.33. The zero-order valence-electron chi connectivity index (χ0n) is 13.6. The number of anilines is 1. The molecule has 0 saturated carbocycles. The molecule has 1 aliphatic heterocycles. The van der Waals surface area contributed by atoms with Crippen LogP contribution in [0.2, 0.25) is 0 Å². The lowest BCUT2D eigenvalue weighted by Crippen LogP contribution is -2.40. The zero-order valence-corrected chi connectivity index (χ0v) is 13.6. The predicted molar refractivity (Wildman–Crippen MR) is 90.5 cm³/mol. The fraction of sp³-hybridized carbons (Fsp3) is 0.333. The second-order valence-corrected chi connectivity index (χ2v) is 6.30. The first-order valence-electron chi connectivity index (χ1n) is 8.00. The number of nitrogens with one attached hydrogen (secondary N) is 3. The van der Waals surface area contributed by atoms with Gasteiger partial charge in [-0.3, -0.25) is 9.59 Å². The molecule has 0 aliphatic carbocycles. The Morgan fingerprint density at radius 1 is 1.25 bits per heavy atom. The van der Waals surface area contributed by atoms with Crippen molar-refractivity contribution in [1.29, 1.82) is 0 Å². The number of hydrogen-bond acceptors (Lipinski definition) is 4. The summed E-state index contributed by atoms with van der Waals surface area (Å²) in [7, 11) is 0. The van der Waals surface area contributed by atoms with Gasteiger partial charge in [0.15, 0.2) is 5.76 Å². The van der Waals surface area contributed by atoms with Crippen LogP contribution in [0.25, 0.3) is 0 Å². The van der Waals surface area contributed by atoms with Crippen LogP contribution in [0.15, 0.2) is 47.1 Å². The molecule has 1 saturated heterocycles. The molecular weight excluding hydrogens is 306 g/mol. The molecular formula is C18H21N3O3. The lowest BCUT2D eigenvalue weighted by molar-refractivity contribution is -0.129. The van der Waals surface area contributed by atoms with Gasteiger partial charge in [-0.25, -0.2) is 0 Å². The van der Waals surface area contributed by atoms with E-state index in [1.54, 1.807) is 24.3 Å². The highest BCUT2D eigenvalue weighted by Crippen LogP contribution is 2.24. The Morgan fingerprint density at radius 2 is 2.04 bits per heavy atom. The molecule has 6 heteroatoms. The molecule has 6 nitrogen and oxygen atoms in total. The van der Waals surface area contributed by atoms with Crippen LogP contribution in [0.3, 0.4) is 0 Å². The SMILES string of the molecule is CC1(C(=O)NCc2ccc(NC(=O)c3ccco3)cc2)CCNC1. The first kappa shape index (κ1) is 16.3. The molecule has 3 rings (SSSR count). The van der Waals surface area contributed by atoms with Gasteiger partial charge >= 0.3 is 0 Å². The Balaban J connectivity index is 1.53. The van der Waals surface area contributed by atoms with Gasteiger partial charge in [-0.1, -0.05) is 12.1 Å². The highest BCUT2D eigenvalue weighted by atomic mass is 16.3. The molecule has 24 heavy (non-hydrogen) atoms. The maximum atomic E-state index is 12.3. The van der Waals surface area contributed by atoms with E-state index < -0.39 is 0 Å². The summed E-state index contributed by atoms with van der Waals surface area (Å²) in [5.74, 6) is 0.0511. The number of benzene rings is 1. The number of carbonyl (C=O) groups is 2. The second kappa shape index (κ2) is 6.88. The molecule has 1 unspecified atom stereocenters. The second-order valence-electron chi connectivity index (χ2n) is 6.30. The number of hydrogen-bond donors (Lipinski definition) is 3. The van der Waals surface area contributed by atoms with Crippen LogP contribution >= 0.6 is 0 Å². The summed E-state index contributed by atoms with van der Waals surface area (Å²) in [6.45, 7) is 4.06. The normalized spacial score (nSPS) is 19.9. The van der Waals surface area contributed by atoms with E-state index in [4.69, 9.17) is 4.42 Å². The fourth-order valence-electron chi connectivity index (χ4n) is 2.71. The maximum absolute atomic E-state index is 12.3. The van der Waals surface area contributed by atoms with Gasteiger partial charge < -0.3 is 20.4 Å². The van der Waals surface area contributed by atoms with E-state index in [9.17, 15) is 9.59 Å². The Morgan fingerprint density at radius 3 is 2.67 bits per heavy atom. The molecule has 1 atom stereocenters. The molecule has 0 radical (unpaired) electrons. The van der Waals surface area contributed by atoms with E-state index in [-0.39, 0.29) is 23.0 Å². The van der Waals surface area contributed by atoms with E-state index in [1.165, 1.54) is 6.26 Å². The van der Waals surface area contributed by atoms with Crippen LogP contribution in [0.5, 0.6) is 0 Å². The fourth-order valence-corrected chi connectivity index (χ4v) is 2.71. The van der Waals surface area contributed by atoms with Crippen LogP contribution in [0, 0.1) is 5.41 Å². The van der Waals surface area contributed by atoms with Crippen LogP contribution in [0.4, 0.5) is 5.69 Å². The third kappa shape index (κ3) is 3.65. The molecule has 2 amide bonds. The molecule has 1 aromatic heterocycles. The molecule has 3 N–H and O–H groups in total. The van der Waals surface area contributed by atoms with E-state index in [2.05, 4.69) is 16.0 Å². The van der Waals surface area contributed by atoms with Crippen molar-refractivity contribution in [2.45, 2.75) is 19.9 Å². The van der Waals surface area contributed by atoms with Crippen molar-refractivity contribution >= 4 is 17.5 Å². The summed E-state index contributed by atoms with van der Waals surface area (Å²) < 4.78 is 5.05. The van der Waals surface area contributed by atoms with Gasteiger partial charge in [0.1, 0.15) is 0 Å². The summed E-state index contributed by atoms with van der Waals surface area (Å²) in [4.78, 5) is 24.2. The summed E-state index contributed by atoms with van der Waals surface area (Å²) in [5.41, 5.74) is 1.34. The van der Waals surface area contributed by atoms with Crippen molar-refractivity contribution in [2.24, 2.45) is 5.41 Å². The molecule has 1 aliphatic rings. The highest BCUT2D eigenvalue weighted by molar-refractivity contribution is 6.02. The number of rotatable bonds is 5. The lowest BCUT2D eigenvalue weighted by atomic mass is 9.89. The van der Waals surface area contributed by atoms with E-state index in [1.807, 2.05) is 19.1 Å². The van der Waals surface area contributed by atoms with E-state index >= 15 is 0 Å². The topological polar surface area (TPSA) is 83.4 Å². The zero-order chi connectivity index (χ0) is 17.0. The minimum Gasteiger partial charge on any atom is -0.459 e. The minimum atomic E-state index is -0.322. The summed E-state index contributed by atoms with van der Waals surface area (Å²) >= 11 is 0. The Kier molecular flexibility index (Phi) is 4.66. The predicted octanol–water partition coefficient (Wildman–Crippen LogP) is 2.15. The largest absolute Gasteiger partial charge is 0.459 e. The quantitative estimate of drug-likeness (QED) is 0.786. The average Bonchev–Trinajstić information content (AvgIpc) is 3.26. The molecule has 126 valence electrons. The highest BCUT2D eigenvalue weighted by Gasteiger charge is 2.35. The summed E-state index contributed by atoms with van der Waals surface area (Å²) in [6.07, 6.45) is 2.32. The van der Waals surface area contributed by atoms with Crippen LogP contribution < -0.4 is 16.0 Å². The van der Waals surface area contributed by atoms with Crippen molar-refractivity contribution in [3.8, 4) is 0 Å². The van der Waals surface area contributed by atoms with Crippen LogP contribution in [-0.2, 0) is 11.3 Å². The van der Waals surface area contributed by atoms with E-state index in [0.29, 0.717) is 12.2 Å². The molecule has 2 heterocycles. The lowest BCUT2D eigenvalue weighted by Gasteiger charge is -2.21. The van der Waals surface area contributed by atoms with Gasteiger partial charge in [0.05, 0.1) is 11.7 Å². The Hall–Kier alpha value is -2.60. The van der Waals surface area contributed by atoms with Gasteiger partial charge in [-0.15, -0.1) is 0 Å². The first-order chi connectivity index (χ1) is 11.6. The van der Waals surface area contributed by atoms with Crippen LogP contribution in [-0.4, -0.2) is 24.9 Å². The molecule has 0 bridgehead atoms. The van der Waals surface area contributed by atoms with Crippen LogP contribution in [0.1, 0.15) is 29.5 Å². The third-order valence-electron chi connectivity index (χ3n) is 4.33. The molecule has 1 fully saturated rings. The summed E-state index contributed by atoms with van der Waals surface area (Å²) in [5, 5.41) is 8.96. The monoisotopic (exact) mass is 327 g/mol. The average molecular weight is 327 g/mol. The number of furan rings is 1. The molecule has 2 aromatic rings. The van der Waals surface area contributed by atoms with Crippen molar-refractivity contribution in [3.63, 3.8) is 0 Å². The molecule has 1 aromatic carbocycles. The standard InChI is InChI=1S/C18H21N3O3/c1-18(8-9-19-12-18)17(23)20-11-13-4-6-14(7-5-13)21-16(22)15-3-2-10-24-15/h2-7,10,19H,8-9,11-12H2,1H3,(H,20,23)(H,21,22). The number of amides is 2. The number of carbonyl (C=O) groups excluding carboxylic acids is 2.